The number of nitrogens with two attached hydrogens (primary N) is 1. The van der Waals surface area contributed by atoms with Gasteiger partial charge < -0.3 is 0 Å². The Bertz CT molecular complexity index is 906. The van der Waals surface area contributed by atoms with Gasteiger partial charge >= 0.3 is 0 Å². The number of hydrogen-bond acceptors (Lipinski definition) is 4. The second-order valence-electron chi connectivity index (χ2n) is 5.10. The number of carbonyl (C=O) groups excluding carboxylic acids is 1. The Balaban J connectivity index is 2.13. The summed E-state index contributed by atoms with van der Waals surface area (Å²) < 4.78 is 1.68. The maximum atomic E-state index is 11.9. The van der Waals surface area contributed by atoms with Crippen molar-refractivity contribution in [1.82, 2.24) is 20.2 Å². The first kappa shape index (κ1) is 15.7. The molecule has 0 unspecified atom stereocenters. The lowest BCUT2D eigenvalue weighted by atomic mass is 10.2. The average Bonchev–Trinajstić information content (AvgIpc) is 2.87. The average molecular weight is 350 g/mol. The minimum Gasteiger partial charge on any atom is -0.289 e. The summed E-state index contributed by atoms with van der Waals surface area (Å²) in [4.78, 5) is 16.2. The second kappa shape index (κ2) is 6.16. The van der Waals surface area contributed by atoms with Crippen molar-refractivity contribution >= 4 is 40.1 Å². The first-order chi connectivity index (χ1) is 11.0. The van der Waals surface area contributed by atoms with E-state index in [2.05, 4.69) is 15.5 Å². The fourth-order valence-electron chi connectivity index (χ4n) is 2.31. The molecule has 0 saturated heterocycles. The lowest BCUT2D eigenvalue weighted by molar-refractivity contribution is 0.0949. The van der Waals surface area contributed by atoms with E-state index in [1.54, 1.807) is 23.0 Å². The smallest absolute Gasteiger partial charge is 0.287 e. The molecule has 0 bridgehead atoms. The van der Waals surface area contributed by atoms with E-state index in [0.29, 0.717) is 22.1 Å². The van der Waals surface area contributed by atoms with Crippen molar-refractivity contribution in [2.45, 2.75) is 13.5 Å². The summed E-state index contributed by atoms with van der Waals surface area (Å²) in [6.45, 7) is 2.30. The first-order valence-electron chi connectivity index (χ1n) is 6.77. The first-order valence-corrected chi connectivity index (χ1v) is 7.53. The summed E-state index contributed by atoms with van der Waals surface area (Å²) in [5, 5.41) is 5.42. The molecule has 3 aromatic rings. The third-order valence-electron chi connectivity index (χ3n) is 3.41. The summed E-state index contributed by atoms with van der Waals surface area (Å²) in [5.41, 5.74) is 5.27. The Morgan fingerprint density at radius 2 is 2.13 bits per heavy atom. The zero-order valence-electron chi connectivity index (χ0n) is 12.2. The van der Waals surface area contributed by atoms with Crippen LogP contribution in [-0.4, -0.2) is 20.7 Å². The molecule has 2 aromatic heterocycles. The fraction of sp³-hybridized carbons (Fsp3) is 0.133. The lowest BCUT2D eigenvalue weighted by Gasteiger charge is -2.06. The van der Waals surface area contributed by atoms with Crippen LogP contribution in [0.5, 0.6) is 0 Å². The van der Waals surface area contributed by atoms with E-state index in [1.807, 2.05) is 19.1 Å². The van der Waals surface area contributed by atoms with Crippen molar-refractivity contribution in [3.05, 3.63) is 57.3 Å². The Morgan fingerprint density at radius 1 is 1.35 bits per heavy atom. The van der Waals surface area contributed by atoms with Gasteiger partial charge in [-0.3, -0.25) is 19.9 Å². The van der Waals surface area contributed by atoms with Crippen LogP contribution >= 0.6 is 23.2 Å². The Kier molecular flexibility index (Phi) is 4.21. The largest absolute Gasteiger partial charge is 0.289 e. The number of aromatic nitrogens is 3. The molecule has 0 radical (unpaired) electrons. The predicted molar refractivity (Wildman–Crippen MR) is 89.5 cm³/mol. The molecule has 1 amide bonds. The third-order valence-corrected chi connectivity index (χ3v) is 4.00. The molecule has 0 aliphatic heterocycles. The molecule has 3 N–H and O–H groups in total. The molecular formula is C15H13Cl2N5O. The second-order valence-corrected chi connectivity index (χ2v) is 5.94. The van der Waals surface area contributed by atoms with Gasteiger partial charge in [0.25, 0.3) is 5.91 Å². The predicted octanol–water partition coefficient (Wildman–Crippen LogP) is 2.70. The van der Waals surface area contributed by atoms with Crippen LogP contribution in [0.3, 0.4) is 0 Å². The van der Waals surface area contributed by atoms with Gasteiger partial charge in [0.2, 0.25) is 0 Å². The molecule has 0 aliphatic carbocycles. The van der Waals surface area contributed by atoms with E-state index in [-0.39, 0.29) is 5.69 Å². The molecule has 0 atom stereocenters. The maximum absolute atomic E-state index is 11.9. The van der Waals surface area contributed by atoms with E-state index >= 15 is 0 Å². The third kappa shape index (κ3) is 3.01. The van der Waals surface area contributed by atoms with Gasteiger partial charge in [-0.1, -0.05) is 29.3 Å². The highest BCUT2D eigenvalue weighted by Gasteiger charge is 2.18. The van der Waals surface area contributed by atoms with Crippen LogP contribution in [0.2, 0.25) is 10.0 Å². The number of hydrogen-bond donors (Lipinski definition) is 2. The summed E-state index contributed by atoms with van der Waals surface area (Å²) in [7, 11) is 0. The Labute approximate surface area is 142 Å². The van der Waals surface area contributed by atoms with Crippen LogP contribution in [-0.2, 0) is 6.54 Å². The highest BCUT2D eigenvalue weighted by Crippen LogP contribution is 2.24. The van der Waals surface area contributed by atoms with E-state index < -0.39 is 5.91 Å². The van der Waals surface area contributed by atoms with Gasteiger partial charge in [0, 0.05) is 16.2 Å². The molecule has 0 fully saturated rings. The minimum absolute atomic E-state index is 0.174. The number of benzene rings is 1. The van der Waals surface area contributed by atoms with Gasteiger partial charge in [-0.25, -0.2) is 5.84 Å². The van der Waals surface area contributed by atoms with Crippen molar-refractivity contribution in [3.63, 3.8) is 0 Å². The SMILES string of the molecule is Cc1cnc2c(C(=O)NN)nn(Cc3ccc(Cl)cc3Cl)c2c1. The van der Waals surface area contributed by atoms with Crippen molar-refractivity contribution in [2.24, 2.45) is 5.84 Å². The van der Waals surface area contributed by atoms with Crippen LogP contribution in [0, 0.1) is 6.92 Å². The molecule has 0 aliphatic rings. The number of carbonyl (C=O) groups is 1. The van der Waals surface area contributed by atoms with Crippen molar-refractivity contribution in [1.29, 1.82) is 0 Å². The van der Waals surface area contributed by atoms with E-state index in [1.165, 1.54) is 0 Å². The van der Waals surface area contributed by atoms with Crippen LogP contribution in [0.1, 0.15) is 21.6 Å². The highest BCUT2D eigenvalue weighted by atomic mass is 35.5. The van der Waals surface area contributed by atoms with Gasteiger partial charge in [-0.05, 0) is 36.2 Å². The molecule has 0 saturated carbocycles. The summed E-state index contributed by atoms with van der Waals surface area (Å²) in [5.74, 6) is 4.72. The molecule has 3 rings (SSSR count). The number of amides is 1. The number of fused-ring (bicyclic) bond motifs is 1. The monoisotopic (exact) mass is 349 g/mol. The standard InChI is InChI=1S/C15H13Cl2N5O/c1-8-4-12-13(19-6-8)14(15(23)20-18)21-22(12)7-9-2-3-10(16)5-11(9)17/h2-6H,7,18H2,1H3,(H,20,23). The molecule has 8 heteroatoms. The van der Waals surface area contributed by atoms with Crippen LogP contribution in [0.25, 0.3) is 11.0 Å². The summed E-state index contributed by atoms with van der Waals surface area (Å²) >= 11 is 12.1. The van der Waals surface area contributed by atoms with Crippen molar-refractivity contribution in [2.75, 3.05) is 0 Å². The molecule has 23 heavy (non-hydrogen) atoms. The number of rotatable bonds is 3. The number of halogens is 2. The van der Waals surface area contributed by atoms with Crippen molar-refractivity contribution < 1.29 is 4.79 Å². The number of nitrogen functional groups attached to an aromatic ring is 1. The molecule has 2 heterocycles. The van der Waals surface area contributed by atoms with E-state index in [4.69, 9.17) is 29.0 Å². The quantitative estimate of drug-likeness (QED) is 0.432. The Hall–Kier alpha value is -2.15. The topological polar surface area (TPSA) is 85.8 Å². The lowest BCUT2D eigenvalue weighted by Crippen LogP contribution is -2.30. The van der Waals surface area contributed by atoms with Gasteiger partial charge in [0.1, 0.15) is 5.52 Å². The Morgan fingerprint density at radius 3 is 2.83 bits per heavy atom. The van der Waals surface area contributed by atoms with E-state index in [9.17, 15) is 4.79 Å². The van der Waals surface area contributed by atoms with Crippen LogP contribution in [0.4, 0.5) is 0 Å². The molecule has 118 valence electrons. The van der Waals surface area contributed by atoms with Crippen LogP contribution in [0.15, 0.2) is 30.5 Å². The number of aryl methyl sites for hydroxylation is 1. The molecular weight excluding hydrogens is 337 g/mol. The van der Waals surface area contributed by atoms with Crippen LogP contribution < -0.4 is 11.3 Å². The molecule has 0 spiro atoms. The van der Waals surface area contributed by atoms with Gasteiger partial charge in [-0.2, -0.15) is 5.10 Å². The minimum atomic E-state index is -0.493. The summed E-state index contributed by atoms with van der Waals surface area (Å²) in [6.07, 6.45) is 1.68. The number of pyridine rings is 1. The highest BCUT2D eigenvalue weighted by molar-refractivity contribution is 6.35. The maximum Gasteiger partial charge on any atom is 0.287 e. The number of nitrogens with one attached hydrogen (secondary N) is 1. The number of nitrogens with zero attached hydrogens (tertiary/aromatic N) is 3. The zero-order chi connectivity index (χ0) is 16.6. The summed E-state index contributed by atoms with van der Waals surface area (Å²) in [6, 6.07) is 7.16. The van der Waals surface area contributed by atoms with Gasteiger partial charge in [-0.15, -0.1) is 0 Å². The normalized spacial score (nSPS) is 11.0. The number of hydrazine groups is 1. The molecule has 1 aromatic carbocycles. The van der Waals surface area contributed by atoms with Gasteiger partial charge in [0.15, 0.2) is 5.69 Å². The zero-order valence-corrected chi connectivity index (χ0v) is 13.7. The fourth-order valence-corrected chi connectivity index (χ4v) is 2.78. The van der Waals surface area contributed by atoms with E-state index in [0.717, 1.165) is 16.6 Å². The van der Waals surface area contributed by atoms with Crippen molar-refractivity contribution in [3.8, 4) is 0 Å². The van der Waals surface area contributed by atoms with Gasteiger partial charge in [0.05, 0.1) is 12.1 Å². The molecule has 6 nitrogen and oxygen atoms in total.